The van der Waals surface area contributed by atoms with Crippen molar-refractivity contribution >= 4 is 5.84 Å². The zero-order valence-corrected chi connectivity index (χ0v) is 13.0. The number of amidine groups is 1. The van der Waals surface area contributed by atoms with Crippen molar-refractivity contribution in [2.45, 2.75) is 6.42 Å². The van der Waals surface area contributed by atoms with Crippen molar-refractivity contribution < 1.29 is 8.91 Å². The zero-order chi connectivity index (χ0) is 16.4. The van der Waals surface area contributed by atoms with Gasteiger partial charge in [0.25, 0.3) is 0 Å². The third-order valence-electron chi connectivity index (χ3n) is 3.98. The normalized spacial score (nSPS) is 14.1. The molecular formula is C19H16FN3O. The van der Waals surface area contributed by atoms with E-state index in [1.807, 2.05) is 30.3 Å². The topological polar surface area (TPSA) is 50.4 Å². The van der Waals surface area contributed by atoms with Crippen LogP contribution in [0, 0.1) is 5.82 Å². The predicted molar refractivity (Wildman–Crippen MR) is 91.4 cm³/mol. The van der Waals surface area contributed by atoms with E-state index in [0.29, 0.717) is 5.76 Å². The highest BCUT2D eigenvalue weighted by atomic mass is 19.1. The number of rotatable bonds is 3. The molecule has 24 heavy (non-hydrogen) atoms. The molecule has 0 aliphatic carbocycles. The second kappa shape index (κ2) is 6.28. The Morgan fingerprint density at radius 3 is 2.46 bits per heavy atom. The summed E-state index contributed by atoms with van der Waals surface area (Å²) in [6, 6.07) is 16.1. The van der Waals surface area contributed by atoms with Gasteiger partial charge in [0.2, 0.25) is 0 Å². The molecule has 0 fully saturated rings. The van der Waals surface area contributed by atoms with E-state index >= 15 is 0 Å². The van der Waals surface area contributed by atoms with Gasteiger partial charge in [-0.15, -0.1) is 0 Å². The number of halogens is 1. The molecule has 1 aliphatic heterocycles. The molecule has 1 aliphatic rings. The maximum Gasteiger partial charge on any atom is 0.178 e. The number of nitrogens with one attached hydrogen (secondary N) is 1. The van der Waals surface area contributed by atoms with E-state index in [-0.39, 0.29) is 5.82 Å². The minimum Gasteiger partial charge on any atom is -0.370 e. The Balaban J connectivity index is 1.89. The third-order valence-corrected chi connectivity index (χ3v) is 3.98. The Morgan fingerprint density at radius 2 is 1.75 bits per heavy atom. The SMILES string of the molecule is Fc1ccc(-c2onc(-c3ccccc3)c2C2=NCCCN2)cc1. The molecule has 0 bridgehead atoms. The Morgan fingerprint density at radius 1 is 0.958 bits per heavy atom. The van der Waals surface area contributed by atoms with Crippen LogP contribution in [-0.2, 0) is 0 Å². The largest absolute Gasteiger partial charge is 0.370 e. The van der Waals surface area contributed by atoms with Gasteiger partial charge in [0, 0.05) is 24.2 Å². The van der Waals surface area contributed by atoms with Crippen LogP contribution >= 0.6 is 0 Å². The molecule has 0 saturated carbocycles. The van der Waals surface area contributed by atoms with E-state index in [1.165, 1.54) is 12.1 Å². The summed E-state index contributed by atoms with van der Waals surface area (Å²) < 4.78 is 18.9. The second-order valence-electron chi connectivity index (χ2n) is 5.62. The van der Waals surface area contributed by atoms with Crippen molar-refractivity contribution in [3.8, 4) is 22.6 Å². The van der Waals surface area contributed by atoms with Crippen LogP contribution in [0.4, 0.5) is 4.39 Å². The molecule has 0 unspecified atom stereocenters. The summed E-state index contributed by atoms with van der Waals surface area (Å²) in [7, 11) is 0. The van der Waals surface area contributed by atoms with Gasteiger partial charge in [0.1, 0.15) is 17.3 Å². The molecule has 0 spiro atoms. The van der Waals surface area contributed by atoms with Crippen molar-refractivity contribution in [3.63, 3.8) is 0 Å². The van der Waals surface area contributed by atoms with Gasteiger partial charge >= 0.3 is 0 Å². The van der Waals surface area contributed by atoms with Crippen molar-refractivity contribution in [1.29, 1.82) is 0 Å². The van der Waals surface area contributed by atoms with Crippen LogP contribution in [0.2, 0.25) is 0 Å². The standard InChI is InChI=1S/C19H16FN3O/c20-15-9-7-14(8-10-15)18-16(19-21-11-4-12-22-19)17(23-24-18)13-5-2-1-3-6-13/h1-3,5-10H,4,11-12H2,(H,21,22). The van der Waals surface area contributed by atoms with Crippen LogP contribution in [0.1, 0.15) is 12.0 Å². The minimum absolute atomic E-state index is 0.281. The van der Waals surface area contributed by atoms with Gasteiger partial charge in [-0.2, -0.15) is 0 Å². The first-order valence-electron chi connectivity index (χ1n) is 7.92. The number of aromatic nitrogens is 1. The quantitative estimate of drug-likeness (QED) is 0.796. The van der Waals surface area contributed by atoms with Gasteiger partial charge < -0.3 is 9.84 Å². The highest BCUT2D eigenvalue weighted by Gasteiger charge is 2.24. The number of hydrogen-bond donors (Lipinski definition) is 1. The summed E-state index contributed by atoms with van der Waals surface area (Å²) in [5, 5.41) is 7.60. The van der Waals surface area contributed by atoms with Crippen LogP contribution in [0.15, 0.2) is 64.1 Å². The molecule has 4 nitrogen and oxygen atoms in total. The van der Waals surface area contributed by atoms with Gasteiger partial charge in [-0.05, 0) is 30.7 Å². The molecule has 2 aromatic carbocycles. The summed E-state index contributed by atoms with van der Waals surface area (Å²) in [6.07, 6.45) is 1.00. The average Bonchev–Trinajstić information content (AvgIpc) is 3.09. The second-order valence-corrected chi connectivity index (χ2v) is 5.62. The monoisotopic (exact) mass is 321 g/mol. The van der Waals surface area contributed by atoms with E-state index in [2.05, 4.69) is 15.5 Å². The molecule has 5 heteroatoms. The van der Waals surface area contributed by atoms with Crippen LogP contribution in [0.25, 0.3) is 22.6 Å². The maximum absolute atomic E-state index is 13.2. The summed E-state index contributed by atoms with van der Waals surface area (Å²) >= 11 is 0. The van der Waals surface area contributed by atoms with Crippen molar-refractivity contribution in [3.05, 3.63) is 66.0 Å². The van der Waals surface area contributed by atoms with E-state index in [9.17, 15) is 4.39 Å². The number of aliphatic imine (C=N–C) groups is 1. The lowest BCUT2D eigenvalue weighted by atomic mass is 10.0. The van der Waals surface area contributed by atoms with Crippen molar-refractivity contribution in [2.75, 3.05) is 13.1 Å². The van der Waals surface area contributed by atoms with Gasteiger partial charge in [-0.3, -0.25) is 4.99 Å². The lowest BCUT2D eigenvalue weighted by Gasteiger charge is -2.15. The third kappa shape index (κ3) is 2.69. The Hall–Kier alpha value is -2.95. The summed E-state index contributed by atoms with van der Waals surface area (Å²) in [5.74, 6) is 1.10. The fourth-order valence-corrected chi connectivity index (χ4v) is 2.80. The van der Waals surface area contributed by atoms with Crippen molar-refractivity contribution in [2.24, 2.45) is 4.99 Å². The van der Waals surface area contributed by atoms with E-state index in [1.54, 1.807) is 12.1 Å². The van der Waals surface area contributed by atoms with E-state index in [4.69, 9.17) is 4.52 Å². The maximum atomic E-state index is 13.2. The van der Waals surface area contributed by atoms with E-state index < -0.39 is 0 Å². The Kier molecular flexibility index (Phi) is 3.83. The molecule has 4 rings (SSSR count). The van der Waals surface area contributed by atoms with Gasteiger partial charge in [0.05, 0.1) is 5.56 Å². The fraction of sp³-hybridized carbons (Fsp3) is 0.158. The first-order chi connectivity index (χ1) is 11.8. The fourth-order valence-electron chi connectivity index (χ4n) is 2.80. The van der Waals surface area contributed by atoms with Crippen LogP contribution < -0.4 is 5.32 Å². The van der Waals surface area contributed by atoms with Gasteiger partial charge in [0.15, 0.2) is 5.76 Å². The molecule has 0 amide bonds. The first kappa shape index (κ1) is 14.6. The summed E-state index contributed by atoms with van der Waals surface area (Å²) in [4.78, 5) is 4.59. The zero-order valence-electron chi connectivity index (χ0n) is 13.0. The number of benzene rings is 2. The molecule has 0 saturated heterocycles. The average molecular weight is 321 g/mol. The van der Waals surface area contributed by atoms with E-state index in [0.717, 1.165) is 47.7 Å². The highest BCUT2D eigenvalue weighted by Crippen LogP contribution is 2.32. The smallest absolute Gasteiger partial charge is 0.178 e. The summed E-state index contributed by atoms with van der Waals surface area (Å²) in [5.41, 5.74) is 3.30. The molecule has 1 N–H and O–H groups in total. The molecule has 0 atom stereocenters. The van der Waals surface area contributed by atoms with Gasteiger partial charge in [-0.25, -0.2) is 4.39 Å². The molecule has 0 radical (unpaired) electrons. The molecule has 1 aromatic heterocycles. The van der Waals surface area contributed by atoms with Crippen molar-refractivity contribution in [1.82, 2.24) is 10.5 Å². The lowest BCUT2D eigenvalue weighted by Crippen LogP contribution is -2.30. The minimum atomic E-state index is -0.281. The molecular weight excluding hydrogens is 305 g/mol. The Bertz CT molecular complexity index is 869. The van der Waals surface area contributed by atoms with Crippen LogP contribution in [0.3, 0.4) is 0 Å². The van der Waals surface area contributed by atoms with Crippen LogP contribution in [-0.4, -0.2) is 24.1 Å². The Labute approximate surface area is 139 Å². The number of nitrogens with zero attached hydrogens (tertiary/aromatic N) is 2. The highest BCUT2D eigenvalue weighted by molar-refractivity contribution is 6.08. The molecule has 2 heterocycles. The van der Waals surface area contributed by atoms with Crippen LogP contribution in [0.5, 0.6) is 0 Å². The summed E-state index contributed by atoms with van der Waals surface area (Å²) in [6.45, 7) is 1.63. The predicted octanol–water partition coefficient (Wildman–Crippen LogP) is 3.89. The first-order valence-corrected chi connectivity index (χ1v) is 7.92. The number of hydrogen-bond acceptors (Lipinski definition) is 4. The van der Waals surface area contributed by atoms with Gasteiger partial charge in [-0.1, -0.05) is 35.5 Å². The molecule has 3 aromatic rings. The molecule has 120 valence electrons. The lowest BCUT2D eigenvalue weighted by molar-refractivity contribution is 0.434.